The Kier molecular flexibility index (Phi) is 5.79. The molecule has 0 saturated carbocycles. The van der Waals surface area contributed by atoms with Crippen molar-refractivity contribution in [3.8, 4) is 0 Å². The van der Waals surface area contributed by atoms with E-state index in [2.05, 4.69) is 39.4 Å². The van der Waals surface area contributed by atoms with Crippen molar-refractivity contribution >= 4 is 17.3 Å². The van der Waals surface area contributed by atoms with Gasteiger partial charge in [-0.05, 0) is 26.7 Å². The molecule has 0 amide bonds. The lowest BCUT2D eigenvalue weighted by Gasteiger charge is -2.35. The van der Waals surface area contributed by atoms with E-state index in [1.807, 2.05) is 18.6 Å². The Labute approximate surface area is 125 Å². The molecular weight excluding hydrogens is 270 g/mol. The molecule has 1 aliphatic rings. The van der Waals surface area contributed by atoms with E-state index in [0.717, 1.165) is 17.5 Å². The van der Waals surface area contributed by atoms with E-state index >= 15 is 0 Å². The van der Waals surface area contributed by atoms with E-state index in [9.17, 15) is 0 Å². The summed E-state index contributed by atoms with van der Waals surface area (Å²) in [6, 6.07) is 1.17. The summed E-state index contributed by atoms with van der Waals surface area (Å²) < 4.78 is 0. The maximum atomic E-state index is 4.29. The van der Waals surface area contributed by atoms with E-state index in [4.69, 9.17) is 0 Å². The zero-order chi connectivity index (χ0) is 14.4. The number of rotatable bonds is 4. The molecule has 0 bridgehead atoms. The third-order valence-corrected chi connectivity index (χ3v) is 4.49. The standard InChI is InChI=1S/C14H25N5S/c1-11(2)19-7-4-12(5-8-19)18-14(15-3)17-10-13-16-6-9-20-13/h6,9,11-12H,4-5,7-8,10H2,1-3H3,(H2,15,17,18). The van der Waals surface area contributed by atoms with Gasteiger partial charge in [0.25, 0.3) is 0 Å². The zero-order valence-electron chi connectivity index (χ0n) is 12.6. The second-order valence-electron chi connectivity index (χ2n) is 5.40. The summed E-state index contributed by atoms with van der Waals surface area (Å²) in [7, 11) is 1.82. The summed E-state index contributed by atoms with van der Waals surface area (Å²) in [4.78, 5) is 11.1. The third-order valence-electron chi connectivity index (χ3n) is 3.71. The van der Waals surface area contributed by atoms with Gasteiger partial charge in [-0.3, -0.25) is 4.99 Å². The summed E-state index contributed by atoms with van der Waals surface area (Å²) in [5.74, 6) is 0.878. The van der Waals surface area contributed by atoms with E-state index < -0.39 is 0 Å². The first-order valence-electron chi connectivity index (χ1n) is 7.28. The molecule has 0 aliphatic carbocycles. The molecule has 2 heterocycles. The van der Waals surface area contributed by atoms with Crippen LogP contribution < -0.4 is 10.6 Å². The number of likely N-dealkylation sites (tertiary alicyclic amines) is 1. The van der Waals surface area contributed by atoms with E-state index in [-0.39, 0.29) is 0 Å². The lowest BCUT2D eigenvalue weighted by Crippen LogP contribution is -2.49. The molecule has 6 heteroatoms. The molecule has 112 valence electrons. The Morgan fingerprint density at radius 1 is 1.50 bits per heavy atom. The smallest absolute Gasteiger partial charge is 0.191 e. The maximum Gasteiger partial charge on any atom is 0.191 e. The Bertz CT molecular complexity index is 407. The van der Waals surface area contributed by atoms with Crippen LogP contribution in [-0.4, -0.2) is 48.1 Å². The van der Waals surface area contributed by atoms with Gasteiger partial charge in [0.2, 0.25) is 0 Å². The number of hydrogen-bond donors (Lipinski definition) is 2. The monoisotopic (exact) mass is 295 g/mol. The number of aliphatic imine (C=N–C) groups is 1. The van der Waals surface area contributed by atoms with Crippen molar-refractivity contribution in [1.82, 2.24) is 20.5 Å². The number of hydrogen-bond acceptors (Lipinski definition) is 4. The van der Waals surface area contributed by atoms with Gasteiger partial charge >= 0.3 is 0 Å². The lowest BCUT2D eigenvalue weighted by molar-refractivity contribution is 0.167. The summed E-state index contributed by atoms with van der Waals surface area (Å²) in [5.41, 5.74) is 0. The molecule has 20 heavy (non-hydrogen) atoms. The number of nitrogens with one attached hydrogen (secondary N) is 2. The minimum absolute atomic E-state index is 0.521. The minimum atomic E-state index is 0.521. The van der Waals surface area contributed by atoms with Gasteiger partial charge in [-0.1, -0.05) is 0 Å². The highest BCUT2D eigenvalue weighted by Crippen LogP contribution is 2.12. The number of thiazole rings is 1. The van der Waals surface area contributed by atoms with Crippen LogP contribution in [0.5, 0.6) is 0 Å². The van der Waals surface area contributed by atoms with Crippen molar-refractivity contribution < 1.29 is 0 Å². The molecule has 1 aliphatic heterocycles. The molecule has 1 saturated heterocycles. The van der Waals surface area contributed by atoms with Crippen molar-refractivity contribution in [2.75, 3.05) is 20.1 Å². The molecular formula is C14H25N5S. The fourth-order valence-corrected chi connectivity index (χ4v) is 3.00. The predicted molar refractivity (Wildman–Crippen MR) is 85.2 cm³/mol. The van der Waals surface area contributed by atoms with Gasteiger partial charge in [-0.25, -0.2) is 4.98 Å². The van der Waals surface area contributed by atoms with Crippen molar-refractivity contribution in [2.45, 2.75) is 45.3 Å². The summed E-state index contributed by atoms with van der Waals surface area (Å²) in [6.45, 7) is 7.60. The zero-order valence-corrected chi connectivity index (χ0v) is 13.4. The second-order valence-corrected chi connectivity index (χ2v) is 6.38. The van der Waals surface area contributed by atoms with Crippen LogP contribution in [-0.2, 0) is 6.54 Å². The van der Waals surface area contributed by atoms with Crippen LogP contribution in [0, 0.1) is 0 Å². The van der Waals surface area contributed by atoms with Crippen LogP contribution in [0.2, 0.25) is 0 Å². The molecule has 1 aromatic heterocycles. The molecule has 0 aromatic carbocycles. The molecule has 1 aromatic rings. The molecule has 0 atom stereocenters. The van der Waals surface area contributed by atoms with Gasteiger partial charge in [0, 0.05) is 43.8 Å². The van der Waals surface area contributed by atoms with Gasteiger partial charge in [-0.2, -0.15) is 0 Å². The van der Waals surface area contributed by atoms with Gasteiger partial charge < -0.3 is 15.5 Å². The normalized spacial score (nSPS) is 18.5. The first kappa shape index (κ1) is 15.3. The SMILES string of the molecule is CN=C(NCc1nccs1)NC1CCN(C(C)C)CC1. The molecule has 0 radical (unpaired) electrons. The summed E-state index contributed by atoms with van der Waals surface area (Å²) in [6.07, 6.45) is 4.19. The van der Waals surface area contributed by atoms with E-state index in [0.29, 0.717) is 12.1 Å². The van der Waals surface area contributed by atoms with Crippen molar-refractivity contribution in [2.24, 2.45) is 4.99 Å². The highest BCUT2D eigenvalue weighted by Gasteiger charge is 2.21. The number of piperidine rings is 1. The summed E-state index contributed by atoms with van der Waals surface area (Å²) >= 11 is 1.66. The van der Waals surface area contributed by atoms with Gasteiger partial charge in [0.05, 0.1) is 6.54 Å². The van der Waals surface area contributed by atoms with Crippen LogP contribution in [0.25, 0.3) is 0 Å². The molecule has 2 rings (SSSR count). The number of aromatic nitrogens is 1. The Morgan fingerprint density at radius 3 is 2.80 bits per heavy atom. The van der Waals surface area contributed by atoms with Crippen LogP contribution in [0.4, 0.5) is 0 Å². The molecule has 0 unspecified atom stereocenters. The van der Waals surface area contributed by atoms with Gasteiger partial charge in [-0.15, -0.1) is 11.3 Å². The molecule has 1 fully saturated rings. The van der Waals surface area contributed by atoms with Crippen molar-refractivity contribution in [1.29, 1.82) is 0 Å². The Balaban J connectivity index is 1.74. The van der Waals surface area contributed by atoms with Crippen LogP contribution in [0.3, 0.4) is 0 Å². The number of nitrogens with zero attached hydrogens (tertiary/aromatic N) is 3. The van der Waals surface area contributed by atoms with Crippen LogP contribution in [0.1, 0.15) is 31.7 Å². The van der Waals surface area contributed by atoms with Crippen LogP contribution in [0.15, 0.2) is 16.6 Å². The predicted octanol–water partition coefficient (Wildman–Crippen LogP) is 1.68. The highest BCUT2D eigenvalue weighted by molar-refractivity contribution is 7.09. The van der Waals surface area contributed by atoms with Gasteiger partial charge in [0.15, 0.2) is 5.96 Å². The largest absolute Gasteiger partial charge is 0.354 e. The van der Waals surface area contributed by atoms with Crippen LogP contribution >= 0.6 is 11.3 Å². The first-order valence-corrected chi connectivity index (χ1v) is 8.16. The quantitative estimate of drug-likeness (QED) is 0.655. The lowest BCUT2D eigenvalue weighted by atomic mass is 10.0. The van der Waals surface area contributed by atoms with Crippen molar-refractivity contribution in [3.05, 3.63) is 16.6 Å². The fraction of sp³-hybridized carbons (Fsp3) is 0.714. The molecule has 2 N–H and O–H groups in total. The van der Waals surface area contributed by atoms with E-state index in [1.165, 1.54) is 25.9 Å². The Hall–Kier alpha value is -1.14. The minimum Gasteiger partial charge on any atom is -0.354 e. The Morgan fingerprint density at radius 2 is 2.25 bits per heavy atom. The van der Waals surface area contributed by atoms with Gasteiger partial charge in [0.1, 0.15) is 5.01 Å². The van der Waals surface area contributed by atoms with E-state index in [1.54, 1.807) is 11.3 Å². The molecule has 0 spiro atoms. The highest BCUT2D eigenvalue weighted by atomic mass is 32.1. The van der Waals surface area contributed by atoms with Crippen molar-refractivity contribution in [3.63, 3.8) is 0 Å². The number of guanidine groups is 1. The topological polar surface area (TPSA) is 52.6 Å². The molecule has 5 nitrogen and oxygen atoms in total. The second kappa shape index (κ2) is 7.59. The first-order chi connectivity index (χ1) is 9.69. The maximum absolute atomic E-state index is 4.29. The average molecular weight is 295 g/mol. The fourth-order valence-electron chi connectivity index (χ4n) is 2.45. The average Bonchev–Trinajstić information content (AvgIpc) is 2.97. The summed E-state index contributed by atoms with van der Waals surface area (Å²) in [5, 5.41) is 9.92. The third kappa shape index (κ3) is 4.45.